The molecule has 0 aromatic heterocycles. The van der Waals surface area contributed by atoms with E-state index in [9.17, 15) is 9.90 Å². The lowest BCUT2D eigenvalue weighted by Crippen LogP contribution is -2.59. The predicted molar refractivity (Wildman–Crippen MR) is 60.4 cm³/mol. The van der Waals surface area contributed by atoms with Gasteiger partial charge in [-0.3, -0.25) is 9.69 Å². The third-order valence-corrected chi connectivity index (χ3v) is 4.12. The maximum Gasteiger partial charge on any atom is 0.324 e. The minimum atomic E-state index is -0.656. The van der Waals surface area contributed by atoms with Crippen molar-refractivity contribution in [1.82, 2.24) is 4.90 Å². The Kier molecular flexibility index (Phi) is 3.50. The van der Waals surface area contributed by atoms with Gasteiger partial charge in [-0.25, -0.2) is 0 Å². The van der Waals surface area contributed by atoms with Crippen LogP contribution in [0.2, 0.25) is 0 Å². The fraction of sp³-hybridized carbons (Fsp3) is 0.917. The number of hydrogen-bond donors (Lipinski definition) is 1. The van der Waals surface area contributed by atoms with Crippen LogP contribution in [-0.2, 0) is 9.53 Å². The van der Waals surface area contributed by atoms with Crippen LogP contribution in [0.15, 0.2) is 0 Å². The summed E-state index contributed by atoms with van der Waals surface area (Å²) in [5.41, 5.74) is -0.643. The molecule has 4 nitrogen and oxygen atoms in total. The molecule has 1 N–H and O–H groups in total. The van der Waals surface area contributed by atoms with Crippen LogP contribution < -0.4 is 0 Å². The molecule has 0 bridgehead atoms. The zero-order valence-corrected chi connectivity index (χ0v) is 9.95. The topological polar surface area (TPSA) is 49.8 Å². The summed E-state index contributed by atoms with van der Waals surface area (Å²) >= 11 is 0. The summed E-state index contributed by atoms with van der Waals surface area (Å²) in [5.74, 6) is -0.656. The van der Waals surface area contributed by atoms with Gasteiger partial charge >= 0.3 is 5.97 Å². The Morgan fingerprint density at radius 2 is 2.19 bits per heavy atom. The van der Waals surface area contributed by atoms with Gasteiger partial charge in [0.2, 0.25) is 0 Å². The lowest BCUT2D eigenvalue weighted by molar-refractivity contribution is -0.160. The molecular formula is C12H21NO3. The van der Waals surface area contributed by atoms with E-state index < -0.39 is 11.5 Å². The van der Waals surface area contributed by atoms with Gasteiger partial charge in [0.1, 0.15) is 5.54 Å². The minimum Gasteiger partial charge on any atom is -0.480 e. The molecule has 0 aromatic rings. The Labute approximate surface area is 96.6 Å². The van der Waals surface area contributed by atoms with Gasteiger partial charge < -0.3 is 9.84 Å². The van der Waals surface area contributed by atoms with Crippen LogP contribution in [0.25, 0.3) is 0 Å². The minimum absolute atomic E-state index is 0.453. The molecule has 2 rings (SSSR count). The SMILES string of the molecule is CCC1CCCN1C1(C(=O)O)CCOCC1. The monoisotopic (exact) mass is 227 g/mol. The number of carbonyl (C=O) groups is 1. The fourth-order valence-electron chi connectivity index (χ4n) is 3.16. The molecule has 0 spiro atoms. The van der Waals surface area contributed by atoms with Crippen molar-refractivity contribution in [1.29, 1.82) is 0 Å². The molecule has 0 saturated carbocycles. The quantitative estimate of drug-likeness (QED) is 0.793. The van der Waals surface area contributed by atoms with Crippen LogP contribution in [0.5, 0.6) is 0 Å². The van der Waals surface area contributed by atoms with Crippen molar-refractivity contribution in [2.75, 3.05) is 19.8 Å². The van der Waals surface area contributed by atoms with Gasteiger partial charge in [-0.2, -0.15) is 0 Å². The second-order valence-corrected chi connectivity index (χ2v) is 4.85. The third-order valence-electron chi connectivity index (χ3n) is 4.12. The summed E-state index contributed by atoms with van der Waals surface area (Å²) in [4.78, 5) is 13.9. The molecule has 0 aromatic carbocycles. The molecular weight excluding hydrogens is 206 g/mol. The molecule has 0 aliphatic carbocycles. The van der Waals surface area contributed by atoms with Crippen molar-refractivity contribution in [3.05, 3.63) is 0 Å². The normalized spacial score (nSPS) is 30.4. The fourth-order valence-corrected chi connectivity index (χ4v) is 3.16. The van der Waals surface area contributed by atoms with Gasteiger partial charge in [-0.05, 0) is 38.6 Å². The number of carboxylic acid groups (broad SMARTS) is 1. The summed E-state index contributed by atoms with van der Waals surface area (Å²) in [5, 5.41) is 9.57. The van der Waals surface area contributed by atoms with Crippen molar-refractivity contribution in [3.63, 3.8) is 0 Å². The average molecular weight is 227 g/mol. The standard InChI is InChI=1S/C12H21NO3/c1-2-10-4-3-7-13(10)12(11(14)15)5-8-16-9-6-12/h10H,2-9H2,1H3,(H,14,15). The Bertz CT molecular complexity index is 261. The summed E-state index contributed by atoms with van der Waals surface area (Å²) in [7, 11) is 0. The second-order valence-electron chi connectivity index (χ2n) is 4.85. The lowest BCUT2D eigenvalue weighted by atomic mass is 9.87. The average Bonchev–Trinajstić information content (AvgIpc) is 2.78. The number of rotatable bonds is 3. The molecule has 2 aliphatic rings. The molecule has 2 aliphatic heterocycles. The van der Waals surface area contributed by atoms with Crippen molar-refractivity contribution in [3.8, 4) is 0 Å². The van der Waals surface area contributed by atoms with Crippen molar-refractivity contribution < 1.29 is 14.6 Å². The summed E-state index contributed by atoms with van der Waals surface area (Å²) in [6.45, 7) is 4.25. The molecule has 1 atom stereocenters. The molecule has 2 fully saturated rings. The predicted octanol–water partition coefficient (Wildman–Crippen LogP) is 1.49. The highest BCUT2D eigenvalue weighted by molar-refractivity contribution is 5.79. The maximum atomic E-state index is 11.6. The first-order valence-electron chi connectivity index (χ1n) is 6.28. The van der Waals surface area contributed by atoms with Crippen molar-refractivity contribution >= 4 is 5.97 Å². The Hall–Kier alpha value is -0.610. The number of carboxylic acids is 1. The van der Waals surface area contributed by atoms with Crippen LogP contribution in [0.4, 0.5) is 0 Å². The second kappa shape index (κ2) is 4.72. The molecule has 16 heavy (non-hydrogen) atoms. The number of ether oxygens (including phenoxy) is 1. The van der Waals surface area contributed by atoms with Crippen LogP contribution in [0, 0.1) is 0 Å². The maximum absolute atomic E-state index is 11.6. The van der Waals surface area contributed by atoms with Gasteiger partial charge in [0.15, 0.2) is 0 Å². The molecule has 4 heteroatoms. The molecule has 1 unspecified atom stereocenters. The Balaban J connectivity index is 2.20. The van der Waals surface area contributed by atoms with E-state index in [2.05, 4.69) is 11.8 Å². The van der Waals surface area contributed by atoms with E-state index in [1.54, 1.807) is 0 Å². The van der Waals surface area contributed by atoms with E-state index in [1.165, 1.54) is 0 Å². The first kappa shape index (κ1) is 11.9. The van der Waals surface area contributed by atoms with E-state index >= 15 is 0 Å². The third kappa shape index (κ3) is 1.84. The van der Waals surface area contributed by atoms with Gasteiger partial charge in [-0.1, -0.05) is 6.92 Å². The van der Waals surface area contributed by atoms with Crippen LogP contribution in [0.1, 0.15) is 39.0 Å². The van der Waals surface area contributed by atoms with Crippen molar-refractivity contribution in [2.24, 2.45) is 0 Å². The molecule has 2 saturated heterocycles. The van der Waals surface area contributed by atoms with Crippen LogP contribution in [0.3, 0.4) is 0 Å². The Morgan fingerprint density at radius 1 is 1.50 bits per heavy atom. The van der Waals surface area contributed by atoms with E-state index in [1.807, 2.05) is 0 Å². The molecule has 2 heterocycles. The van der Waals surface area contributed by atoms with E-state index in [-0.39, 0.29) is 0 Å². The number of hydrogen-bond acceptors (Lipinski definition) is 3. The van der Waals surface area contributed by atoms with Gasteiger partial charge in [0.05, 0.1) is 0 Å². The van der Waals surface area contributed by atoms with E-state index in [0.29, 0.717) is 32.1 Å². The Morgan fingerprint density at radius 3 is 2.75 bits per heavy atom. The van der Waals surface area contributed by atoms with Crippen LogP contribution >= 0.6 is 0 Å². The van der Waals surface area contributed by atoms with Crippen LogP contribution in [-0.4, -0.2) is 47.3 Å². The summed E-state index contributed by atoms with van der Waals surface area (Å²) in [6, 6.07) is 0.453. The highest BCUT2D eigenvalue weighted by Gasteiger charge is 2.48. The summed E-state index contributed by atoms with van der Waals surface area (Å²) in [6.07, 6.45) is 4.61. The molecule has 0 amide bonds. The van der Waals surface area contributed by atoms with Gasteiger partial charge in [-0.15, -0.1) is 0 Å². The number of likely N-dealkylation sites (tertiary alicyclic amines) is 1. The first-order valence-corrected chi connectivity index (χ1v) is 6.28. The summed E-state index contributed by atoms with van der Waals surface area (Å²) < 4.78 is 5.31. The molecule has 0 radical (unpaired) electrons. The van der Waals surface area contributed by atoms with E-state index in [4.69, 9.17) is 4.74 Å². The zero-order valence-electron chi connectivity index (χ0n) is 9.95. The van der Waals surface area contributed by atoms with Gasteiger partial charge in [0.25, 0.3) is 0 Å². The molecule has 92 valence electrons. The van der Waals surface area contributed by atoms with Crippen molar-refractivity contribution in [2.45, 2.75) is 50.6 Å². The number of aliphatic carboxylic acids is 1. The first-order chi connectivity index (χ1) is 7.70. The number of nitrogens with zero attached hydrogens (tertiary/aromatic N) is 1. The highest BCUT2D eigenvalue weighted by atomic mass is 16.5. The lowest BCUT2D eigenvalue weighted by Gasteiger charge is -2.43. The van der Waals surface area contributed by atoms with Gasteiger partial charge in [0, 0.05) is 19.3 Å². The largest absolute Gasteiger partial charge is 0.480 e. The highest BCUT2D eigenvalue weighted by Crippen LogP contribution is 2.35. The van der Waals surface area contributed by atoms with E-state index in [0.717, 1.165) is 25.8 Å². The zero-order chi connectivity index (χ0) is 11.6. The smallest absolute Gasteiger partial charge is 0.324 e.